The molecule has 0 heterocycles. The van der Waals surface area contributed by atoms with E-state index in [4.69, 9.17) is 5.73 Å². The maximum absolute atomic E-state index is 12.4. The summed E-state index contributed by atoms with van der Waals surface area (Å²) >= 11 is 0. The van der Waals surface area contributed by atoms with Gasteiger partial charge in [0, 0.05) is 24.1 Å². The second kappa shape index (κ2) is 8.06. The topological polar surface area (TPSA) is 89.3 Å². The predicted molar refractivity (Wildman–Crippen MR) is 88.9 cm³/mol. The van der Waals surface area contributed by atoms with Crippen LogP contribution in [0, 0.1) is 0 Å². The molecule has 0 unspecified atom stereocenters. The highest BCUT2D eigenvalue weighted by atomic mass is 35.5. The van der Waals surface area contributed by atoms with Crippen LogP contribution in [0.15, 0.2) is 29.2 Å². The van der Waals surface area contributed by atoms with Gasteiger partial charge in [-0.25, -0.2) is 13.1 Å². The van der Waals surface area contributed by atoms with E-state index in [9.17, 15) is 13.2 Å². The van der Waals surface area contributed by atoms with E-state index < -0.39 is 10.0 Å². The van der Waals surface area contributed by atoms with Gasteiger partial charge in [-0.1, -0.05) is 19.1 Å². The summed E-state index contributed by atoms with van der Waals surface area (Å²) in [5, 5.41) is 0. The van der Waals surface area contributed by atoms with Crippen LogP contribution in [0.4, 0.5) is 0 Å². The van der Waals surface area contributed by atoms with Gasteiger partial charge in [0.05, 0.1) is 4.90 Å². The second-order valence-corrected chi connectivity index (χ2v) is 7.25. The average Bonchev–Trinajstić information content (AvgIpc) is 2.49. The highest BCUT2D eigenvalue weighted by Crippen LogP contribution is 2.20. The van der Waals surface area contributed by atoms with Crippen LogP contribution in [0.5, 0.6) is 0 Å². The molecule has 1 fully saturated rings. The van der Waals surface area contributed by atoms with E-state index in [1.54, 1.807) is 19.1 Å². The molecule has 3 N–H and O–H groups in total. The van der Waals surface area contributed by atoms with Crippen LogP contribution in [0.2, 0.25) is 0 Å². The molecule has 1 aliphatic carbocycles. The molecule has 0 saturated heterocycles. The van der Waals surface area contributed by atoms with E-state index >= 15 is 0 Å². The molecule has 0 atom stereocenters. The van der Waals surface area contributed by atoms with Crippen molar-refractivity contribution >= 4 is 28.2 Å². The van der Waals surface area contributed by atoms with E-state index in [-0.39, 0.29) is 35.2 Å². The van der Waals surface area contributed by atoms with Crippen LogP contribution in [-0.4, -0.2) is 26.3 Å². The number of halogens is 1. The second-order valence-electron chi connectivity index (χ2n) is 5.54. The van der Waals surface area contributed by atoms with Crippen molar-refractivity contribution < 1.29 is 13.2 Å². The monoisotopic (exact) mass is 346 g/mol. The number of hydrogen-bond donors (Lipinski definition) is 2. The molecule has 124 valence electrons. The van der Waals surface area contributed by atoms with Gasteiger partial charge in [0.2, 0.25) is 10.0 Å². The Morgan fingerprint density at radius 2 is 1.91 bits per heavy atom. The highest BCUT2D eigenvalue weighted by Gasteiger charge is 2.24. The fraction of sp³-hybridized carbons (Fsp3) is 0.533. The van der Waals surface area contributed by atoms with E-state index in [2.05, 4.69) is 4.72 Å². The lowest BCUT2D eigenvalue weighted by molar-refractivity contribution is 0.0988. The van der Waals surface area contributed by atoms with Crippen LogP contribution in [0.1, 0.15) is 49.4 Å². The molecule has 5 nitrogen and oxygen atoms in total. The summed E-state index contributed by atoms with van der Waals surface area (Å²) in [6.45, 7) is 1.76. The number of Topliss-reactive ketones (excluding diaryl/α,β-unsaturated/α-hetero) is 1. The third kappa shape index (κ3) is 4.78. The van der Waals surface area contributed by atoms with Crippen molar-refractivity contribution in [3.05, 3.63) is 29.8 Å². The molecule has 22 heavy (non-hydrogen) atoms. The lowest BCUT2D eigenvalue weighted by Gasteiger charge is -2.26. The van der Waals surface area contributed by atoms with Crippen LogP contribution >= 0.6 is 12.4 Å². The van der Waals surface area contributed by atoms with Crippen molar-refractivity contribution in [2.24, 2.45) is 5.73 Å². The number of benzene rings is 1. The van der Waals surface area contributed by atoms with Crippen molar-refractivity contribution in [2.45, 2.75) is 56.0 Å². The first kappa shape index (κ1) is 19.1. The third-order valence-electron chi connectivity index (χ3n) is 3.88. The molecular formula is C15H23ClN2O3S. The number of ketones is 1. The lowest BCUT2D eigenvalue weighted by Crippen LogP contribution is -2.40. The van der Waals surface area contributed by atoms with Gasteiger partial charge in [-0.05, 0) is 37.8 Å². The largest absolute Gasteiger partial charge is 0.328 e. The molecule has 0 spiro atoms. The number of carbonyl (C=O) groups is 1. The Balaban J connectivity index is 0.00000242. The molecule has 0 aromatic heterocycles. The number of rotatable bonds is 5. The fourth-order valence-electron chi connectivity index (χ4n) is 2.57. The highest BCUT2D eigenvalue weighted by molar-refractivity contribution is 7.89. The van der Waals surface area contributed by atoms with Crippen molar-refractivity contribution in [1.82, 2.24) is 4.72 Å². The van der Waals surface area contributed by atoms with Gasteiger partial charge < -0.3 is 5.73 Å². The van der Waals surface area contributed by atoms with Gasteiger partial charge in [0.1, 0.15) is 0 Å². The molecule has 0 aliphatic heterocycles. The molecule has 0 radical (unpaired) electrons. The SMILES string of the molecule is CCC(=O)c1cccc(S(=O)(=O)NC2CCC(N)CC2)c1.Cl. The summed E-state index contributed by atoms with van der Waals surface area (Å²) in [6, 6.07) is 6.32. The summed E-state index contributed by atoms with van der Waals surface area (Å²) in [4.78, 5) is 11.8. The molecule has 1 aliphatic rings. The smallest absolute Gasteiger partial charge is 0.240 e. The van der Waals surface area contributed by atoms with E-state index in [0.29, 0.717) is 12.0 Å². The zero-order valence-electron chi connectivity index (χ0n) is 12.6. The van der Waals surface area contributed by atoms with Gasteiger partial charge >= 0.3 is 0 Å². The third-order valence-corrected chi connectivity index (χ3v) is 5.40. The van der Waals surface area contributed by atoms with E-state index in [1.165, 1.54) is 12.1 Å². The first-order valence-electron chi connectivity index (χ1n) is 7.33. The Hall–Kier alpha value is -0.950. The van der Waals surface area contributed by atoms with Gasteiger partial charge in [-0.15, -0.1) is 12.4 Å². The van der Waals surface area contributed by atoms with Gasteiger partial charge in [0.25, 0.3) is 0 Å². The Morgan fingerprint density at radius 1 is 1.27 bits per heavy atom. The van der Waals surface area contributed by atoms with Crippen molar-refractivity contribution in [3.8, 4) is 0 Å². The number of sulfonamides is 1. The van der Waals surface area contributed by atoms with Gasteiger partial charge in [-0.2, -0.15) is 0 Å². The number of nitrogens with one attached hydrogen (secondary N) is 1. The summed E-state index contributed by atoms with van der Waals surface area (Å²) < 4.78 is 27.5. The summed E-state index contributed by atoms with van der Waals surface area (Å²) in [5.41, 5.74) is 6.26. The first-order chi connectivity index (χ1) is 9.92. The Labute approximate surface area is 138 Å². The Bertz CT molecular complexity index is 611. The summed E-state index contributed by atoms with van der Waals surface area (Å²) in [7, 11) is -3.58. The Kier molecular flexibility index (Phi) is 6.99. The number of nitrogens with two attached hydrogens (primary N) is 1. The zero-order valence-corrected chi connectivity index (χ0v) is 14.3. The summed E-state index contributed by atoms with van der Waals surface area (Å²) in [6.07, 6.45) is 3.54. The minimum Gasteiger partial charge on any atom is -0.328 e. The van der Waals surface area contributed by atoms with Gasteiger partial charge in [-0.3, -0.25) is 4.79 Å². The first-order valence-corrected chi connectivity index (χ1v) is 8.82. The standard InChI is InChI=1S/C15H22N2O3S.ClH/c1-2-15(18)11-4-3-5-14(10-11)21(19,20)17-13-8-6-12(16)7-9-13;/h3-5,10,12-13,17H,2,6-9,16H2,1H3;1H. The van der Waals surface area contributed by atoms with Crippen molar-refractivity contribution in [2.75, 3.05) is 0 Å². The average molecular weight is 347 g/mol. The van der Waals surface area contributed by atoms with Crippen LogP contribution in [0.3, 0.4) is 0 Å². The summed E-state index contributed by atoms with van der Waals surface area (Å²) in [5.74, 6) is -0.0595. The van der Waals surface area contributed by atoms with Crippen molar-refractivity contribution in [1.29, 1.82) is 0 Å². The predicted octanol–water partition coefficient (Wildman–Crippen LogP) is 2.25. The Morgan fingerprint density at radius 3 is 2.50 bits per heavy atom. The normalized spacial score (nSPS) is 21.9. The molecule has 1 aromatic rings. The van der Waals surface area contributed by atoms with Crippen LogP contribution in [-0.2, 0) is 10.0 Å². The molecule has 7 heteroatoms. The molecule has 1 aromatic carbocycles. The molecule has 2 rings (SSSR count). The van der Waals surface area contributed by atoms with Crippen LogP contribution in [0.25, 0.3) is 0 Å². The lowest BCUT2D eigenvalue weighted by atomic mass is 9.93. The quantitative estimate of drug-likeness (QED) is 0.800. The maximum atomic E-state index is 12.4. The van der Waals surface area contributed by atoms with Gasteiger partial charge in [0.15, 0.2) is 5.78 Å². The minimum atomic E-state index is -3.58. The van der Waals surface area contributed by atoms with E-state index in [0.717, 1.165) is 25.7 Å². The van der Waals surface area contributed by atoms with Crippen molar-refractivity contribution in [3.63, 3.8) is 0 Å². The number of hydrogen-bond acceptors (Lipinski definition) is 4. The zero-order chi connectivity index (χ0) is 15.5. The number of carbonyl (C=O) groups excluding carboxylic acids is 1. The minimum absolute atomic E-state index is 0. The van der Waals surface area contributed by atoms with Crippen LogP contribution < -0.4 is 10.5 Å². The molecule has 1 saturated carbocycles. The molecule has 0 amide bonds. The van der Waals surface area contributed by atoms with E-state index in [1.807, 2.05) is 0 Å². The maximum Gasteiger partial charge on any atom is 0.240 e. The molecule has 0 bridgehead atoms. The fourth-order valence-corrected chi connectivity index (χ4v) is 3.92. The molecular weight excluding hydrogens is 324 g/mol.